The van der Waals surface area contributed by atoms with Crippen LogP contribution >= 0.6 is 0 Å². The van der Waals surface area contributed by atoms with Crippen LogP contribution in [0.3, 0.4) is 0 Å². The van der Waals surface area contributed by atoms with Crippen molar-refractivity contribution in [2.75, 3.05) is 0 Å². The van der Waals surface area contributed by atoms with Crippen molar-refractivity contribution in [3.05, 3.63) is 0 Å². The van der Waals surface area contributed by atoms with Crippen molar-refractivity contribution in [2.24, 2.45) is 0 Å². The number of hydrogen-bond acceptors (Lipinski definition) is 0. The standard InChI is InChI=1S/Ag.Fe.Pb.Zn.2H. The quantitative estimate of drug-likeness (QED) is 0.430. The fourth-order valence-electron chi connectivity index (χ4n) is 0. The first-order valence-corrected chi connectivity index (χ1v) is 0. The first kappa shape index (κ1) is 29.1. The molecule has 0 rings (SSSR count). The van der Waals surface area contributed by atoms with E-state index >= 15 is 0 Å². The van der Waals surface area contributed by atoms with E-state index in [0.29, 0.717) is 0 Å². The molecule has 4 heavy (non-hydrogen) atoms. The maximum atomic E-state index is 0. The molecule has 4 heteroatoms. The van der Waals surface area contributed by atoms with Gasteiger partial charge in [-0.2, -0.15) is 0 Å². The molecule has 0 aromatic heterocycles. The second-order valence-corrected chi connectivity index (χ2v) is 0. The summed E-state index contributed by atoms with van der Waals surface area (Å²) >= 11 is 0. The molecule has 0 aliphatic rings. The third-order valence-electron chi connectivity index (χ3n) is 0. The van der Waals surface area contributed by atoms with Crippen molar-refractivity contribution in [3.63, 3.8) is 0 Å². The molecule has 0 heterocycles. The molecule has 0 N–H and O–H groups in total. The van der Waals surface area contributed by atoms with Crippen LogP contribution in [0.25, 0.3) is 0 Å². The summed E-state index contributed by atoms with van der Waals surface area (Å²) in [6.07, 6.45) is 0. The van der Waals surface area contributed by atoms with Gasteiger partial charge in [0.2, 0.25) is 0 Å². The first-order valence-electron chi connectivity index (χ1n) is 0. The smallest absolute Gasteiger partial charge is 0 e. The van der Waals surface area contributed by atoms with E-state index in [-0.39, 0.29) is 86.2 Å². The van der Waals surface area contributed by atoms with E-state index in [1.165, 1.54) is 0 Å². The van der Waals surface area contributed by atoms with Crippen LogP contribution in [0.5, 0.6) is 0 Å². The van der Waals surface area contributed by atoms with E-state index in [4.69, 9.17) is 0 Å². The maximum absolute atomic E-state index is 0. The monoisotopic (exact) mass is 437 g/mol. The molecule has 0 aliphatic heterocycles. The zero-order chi connectivity index (χ0) is 0. The van der Waals surface area contributed by atoms with Gasteiger partial charge in [0.1, 0.15) is 0 Å². The molecule has 0 nitrogen and oxygen atoms in total. The average molecular weight is 438 g/mol. The molecule has 0 amide bonds. The van der Waals surface area contributed by atoms with E-state index < -0.39 is 0 Å². The Kier molecular flexibility index (Phi) is 124. The topological polar surface area (TPSA) is 0 Å². The molecule has 27 valence electrons. The Labute approximate surface area is 84.8 Å². The fourth-order valence-corrected chi connectivity index (χ4v) is 0. The van der Waals surface area contributed by atoms with Crippen molar-refractivity contribution in [2.45, 2.75) is 0 Å². The minimum atomic E-state index is 0. The maximum Gasteiger partial charge on any atom is 0 e. The molecular weight excluding hydrogens is 436 g/mol. The van der Waals surface area contributed by atoms with Crippen LogP contribution in [0.4, 0.5) is 0 Å². The summed E-state index contributed by atoms with van der Waals surface area (Å²) < 4.78 is 0. The average Bonchev–Trinajstić information content (AvgIpc) is 0. The van der Waals surface area contributed by atoms with Crippen molar-refractivity contribution < 1.29 is 58.9 Å². The molecule has 0 saturated heterocycles. The van der Waals surface area contributed by atoms with Gasteiger partial charge in [0.25, 0.3) is 0 Å². The van der Waals surface area contributed by atoms with Gasteiger partial charge in [0.15, 0.2) is 0 Å². The Hall–Kier alpha value is 2.81. The summed E-state index contributed by atoms with van der Waals surface area (Å²) in [4.78, 5) is 0. The van der Waals surface area contributed by atoms with Crippen LogP contribution in [0.15, 0.2) is 0 Å². The molecular formula is H2AgFePbZn. The van der Waals surface area contributed by atoms with Crippen LogP contribution in [0, 0.1) is 0 Å². The number of hydrogen-bond donors (Lipinski definition) is 0. The van der Waals surface area contributed by atoms with E-state index in [1.54, 1.807) is 0 Å². The van der Waals surface area contributed by atoms with Crippen LogP contribution in [-0.2, 0) is 58.9 Å². The normalized spacial score (nSPS) is 0. The largest absolute Gasteiger partial charge is 0 e. The minimum absolute atomic E-state index is 0. The zero-order valence-corrected chi connectivity index (χ0v) is 13.1. The van der Waals surface area contributed by atoms with Crippen LogP contribution in [-0.4, -0.2) is 27.3 Å². The first-order chi connectivity index (χ1) is 0. The summed E-state index contributed by atoms with van der Waals surface area (Å²) in [7, 11) is 0. The van der Waals surface area contributed by atoms with E-state index in [0.717, 1.165) is 0 Å². The zero-order valence-electron chi connectivity index (χ0n) is 2.07. The molecule has 0 bridgehead atoms. The Morgan fingerprint density at radius 2 is 1.00 bits per heavy atom. The van der Waals surface area contributed by atoms with Gasteiger partial charge >= 0.3 is 27.3 Å². The predicted octanol–water partition coefficient (Wildman–Crippen LogP) is -0.924. The van der Waals surface area contributed by atoms with Crippen molar-refractivity contribution in [3.8, 4) is 0 Å². The van der Waals surface area contributed by atoms with Gasteiger partial charge < -0.3 is 0 Å². The van der Waals surface area contributed by atoms with Crippen LogP contribution < -0.4 is 0 Å². The molecule has 0 aromatic carbocycles. The Morgan fingerprint density at radius 1 is 1.00 bits per heavy atom. The van der Waals surface area contributed by atoms with Gasteiger partial charge in [-0.05, 0) is 0 Å². The molecule has 0 aliphatic carbocycles. The third kappa shape index (κ3) is 8.84. The number of rotatable bonds is 0. The SMILES string of the molecule is [Ag].[Fe].[PbH2].[Zn]. The Morgan fingerprint density at radius 3 is 1.00 bits per heavy atom. The molecule has 0 spiro atoms. The van der Waals surface area contributed by atoms with Gasteiger partial charge in [-0.15, -0.1) is 0 Å². The van der Waals surface area contributed by atoms with Gasteiger partial charge in [0, 0.05) is 58.9 Å². The molecule has 0 saturated carbocycles. The van der Waals surface area contributed by atoms with Crippen LogP contribution in [0.1, 0.15) is 0 Å². The van der Waals surface area contributed by atoms with E-state index in [2.05, 4.69) is 0 Å². The van der Waals surface area contributed by atoms with E-state index in [1.807, 2.05) is 0 Å². The van der Waals surface area contributed by atoms with E-state index in [9.17, 15) is 0 Å². The molecule has 0 unspecified atom stereocenters. The van der Waals surface area contributed by atoms with Gasteiger partial charge in [-0.1, -0.05) is 0 Å². The van der Waals surface area contributed by atoms with Gasteiger partial charge in [0.05, 0.1) is 0 Å². The molecule has 0 aromatic rings. The summed E-state index contributed by atoms with van der Waals surface area (Å²) in [5.41, 5.74) is 0. The van der Waals surface area contributed by atoms with Crippen molar-refractivity contribution in [1.82, 2.24) is 0 Å². The second-order valence-electron chi connectivity index (χ2n) is 0. The van der Waals surface area contributed by atoms with Crippen LogP contribution in [0.2, 0.25) is 0 Å². The summed E-state index contributed by atoms with van der Waals surface area (Å²) in [5.74, 6) is 0. The minimum Gasteiger partial charge on any atom is 0 e. The van der Waals surface area contributed by atoms with Crippen molar-refractivity contribution in [1.29, 1.82) is 0 Å². The molecule has 0 atom stereocenters. The summed E-state index contributed by atoms with van der Waals surface area (Å²) in [5, 5.41) is 0. The predicted molar refractivity (Wildman–Crippen MR) is 8.54 cm³/mol. The van der Waals surface area contributed by atoms with Gasteiger partial charge in [-0.25, -0.2) is 0 Å². The molecule has 3 radical (unpaired) electrons. The third-order valence-corrected chi connectivity index (χ3v) is 0. The Bertz CT molecular complexity index is 8.00. The Balaban J connectivity index is 0. The molecule has 0 fully saturated rings. The summed E-state index contributed by atoms with van der Waals surface area (Å²) in [6.45, 7) is 0. The van der Waals surface area contributed by atoms with Crippen molar-refractivity contribution >= 4 is 27.3 Å². The fraction of sp³-hybridized carbons (Fsp3) is 0. The summed E-state index contributed by atoms with van der Waals surface area (Å²) in [6, 6.07) is 0. The second kappa shape index (κ2) is 17.0. The van der Waals surface area contributed by atoms with Gasteiger partial charge in [-0.3, -0.25) is 0 Å².